The van der Waals surface area contributed by atoms with E-state index < -0.39 is 0 Å². The number of nitrogens with one attached hydrogen (secondary N) is 3. The summed E-state index contributed by atoms with van der Waals surface area (Å²) >= 11 is 0. The first-order valence-electron chi connectivity index (χ1n) is 6.84. The van der Waals surface area contributed by atoms with Crippen molar-refractivity contribution in [3.63, 3.8) is 0 Å². The Morgan fingerprint density at radius 1 is 1.25 bits per heavy atom. The van der Waals surface area contributed by atoms with Crippen LogP contribution in [0.4, 0.5) is 5.95 Å². The van der Waals surface area contributed by atoms with E-state index in [4.69, 9.17) is 5.73 Å². The van der Waals surface area contributed by atoms with Crippen LogP contribution in [0, 0.1) is 0 Å². The van der Waals surface area contributed by atoms with Crippen molar-refractivity contribution in [1.82, 2.24) is 19.5 Å². The third-order valence-electron chi connectivity index (χ3n) is 3.12. The van der Waals surface area contributed by atoms with Crippen LogP contribution in [-0.4, -0.2) is 32.6 Å². The minimum Gasteiger partial charge on any atom is -0.356 e. The maximum absolute atomic E-state index is 11.9. The molecule has 0 aliphatic carbocycles. The van der Waals surface area contributed by atoms with Crippen LogP contribution in [0.1, 0.15) is 26.2 Å². The molecule has 0 amide bonds. The first kappa shape index (κ1) is 14.3. The van der Waals surface area contributed by atoms with Crippen LogP contribution < -0.4 is 22.3 Å². The molecule has 2 aromatic heterocycles. The third kappa shape index (κ3) is 2.90. The van der Waals surface area contributed by atoms with Crippen molar-refractivity contribution in [3.05, 3.63) is 20.8 Å². The average molecular weight is 280 g/mol. The number of hydrogen-bond acceptors (Lipinski definition) is 5. The van der Waals surface area contributed by atoms with E-state index in [9.17, 15) is 9.59 Å². The van der Waals surface area contributed by atoms with Crippen molar-refractivity contribution < 1.29 is 0 Å². The molecular weight excluding hydrogens is 260 g/mol. The van der Waals surface area contributed by atoms with E-state index in [0.29, 0.717) is 31.2 Å². The van der Waals surface area contributed by atoms with Gasteiger partial charge in [-0.3, -0.25) is 19.3 Å². The average Bonchev–Trinajstić information content (AvgIpc) is 2.75. The topological polar surface area (TPSA) is 122 Å². The van der Waals surface area contributed by atoms with Crippen molar-refractivity contribution in [3.8, 4) is 0 Å². The van der Waals surface area contributed by atoms with E-state index in [1.165, 1.54) is 4.57 Å². The zero-order valence-corrected chi connectivity index (χ0v) is 11.5. The van der Waals surface area contributed by atoms with Crippen molar-refractivity contribution in [1.29, 1.82) is 0 Å². The van der Waals surface area contributed by atoms with Gasteiger partial charge < -0.3 is 11.1 Å². The summed E-state index contributed by atoms with van der Waals surface area (Å²) in [5, 5.41) is 3.06. The minimum atomic E-state index is -0.344. The van der Waals surface area contributed by atoms with Crippen molar-refractivity contribution in [2.24, 2.45) is 5.73 Å². The zero-order chi connectivity index (χ0) is 14.5. The zero-order valence-electron chi connectivity index (χ0n) is 11.5. The summed E-state index contributed by atoms with van der Waals surface area (Å²) in [5.41, 5.74) is 5.35. The first-order valence-corrected chi connectivity index (χ1v) is 6.84. The van der Waals surface area contributed by atoms with E-state index in [2.05, 4.69) is 20.3 Å². The number of hydrogen-bond donors (Lipinski definition) is 4. The van der Waals surface area contributed by atoms with E-state index in [1.54, 1.807) is 0 Å². The Morgan fingerprint density at radius 2 is 2.05 bits per heavy atom. The SMILES string of the molecule is CCn1c(=O)[nH]c2c(=O)[nH]c(NCCCCCN)nc21. The molecule has 0 aromatic carbocycles. The summed E-state index contributed by atoms with van der Waals surface area (Å²) in [5.74, 6) is 0.386. The molecule has 0 saturated carbocycles. The molecule has 5 N–H and O–H groups in total. The van der Waals surface area contributed by atoms with Gasteiger partial charge in [0.1, 0.15) is 0 Å². The maximum Gasteiger partial charge on any atom is 0.327 e. The Kier molecular flexibility index (Phi) is 4.57. The number of unbranched alkanes of at least 4 members (excludes halogenated alkanes) is 2. The van der Waals surface area contributed by atoms with Gasteiger partial charge in [-0.15, -0.1) is 0 Å². The number of rotatable bonds is 7. The molecule has 20 heavy (non-hydrogen) atoms. The molecule has 2 rings (SSSR count). The second-order valence-electron chi connectivity index (χ2n) is 4.56. The molecule has 110 valence electrons. The molecule has 8 nitrogen and oxygen atoms in total. The molecule has 0 aliphatic heterocycles. The predicted octanol–water partition coefficient (Wildman–Crippen LogP) is -0.0263. The van der Waals surface area contributed by atoms with Gasteiger partial charge in [0.25, 0.3) is 5.56 Å². The van der Waals surface area contributed by atoms with Gasteiger partial charge >= 0.3 is 5.69 Å². The standard InChI is InChI=1S/C12H20N6O2/c1-2-18-9-8(15-12(18)20)10(19)17-11(16-9)14-7-5-3-4-6-13/h2-7,13H2,1H3,(H,15,20)(H2,14,16,17,19). The van der Waals surface area contributed by atoms with Crippen LogP contribution in [0.25, 0.3) is 11.2 Å². The van der Waals surface area contributed by atoms with Crippen LogP contribution in [0.3, 0.4) is 0 Å². The molecular formula is C12H20N6O2. The number of nitrogens with zero attached hydrogens (tertiary/aromatic N) is 2. The van der Waals surface area contributed by atoms with Crippen molar-refractivity contribution >= 4 is 17.1 Å². The molecule has 0 radical (unpaired) electrons. The van der Waals surface area contributed by atoms with Crippen molar-refractivity contribution in [2.75, 3.05) is 18.4 Å². The number of aryl methyl sites for hydroxylation is 1. The molecule has 2 aromatic rings. The number of imidazole rings is 1. The van der Waals surface area contributed by atoms with Crippen molar-refractivity contribution in [2.45, 2.75) is 32.7 Å². The second kappa shape index (κ2) is 6.38. The molecule has 0 unspecified atom stereocenters. The number of fused-ring (bicyclic) bond motifs is 1. The molecule has 0 spiro atoms. The van der Waals surface area contributed by atoms with Crippen LogP contribution in [0.15, 0.2) is 9.59 Å². The lowest BCUT2D eigenvalue weighted by Gasteiger charge is -2.05. The quantitative estimate of drug-likeness (QED) is 0.531. The van der Waals surface area contributed by atoms with Gasteiger partial charge in [-0.1, -0.05) is 6.42 Å². The number of aromatic amines is 2. The first-order chi connectivity index (χ1) is 9.67. The fraction of sp³-hybridized carbons (Fsp3) is 0.583. The minimum absolute atomic E-state index is 0.213. The van der Waals surface area contributed by atoms with Gasteiger partial charge in [0.2, 0.25) is 5.95 Å². The summed E-state index contributed by atoms with van der Waals surface area (Å²) < 4.78 is 1.43. The summed E-state index contributed by atoms with van der Waals surface area (Å²) in [7, 11) is 0. The lowest BCUT2D eigenvalue weighted by atomic mass is 10.2. The number of nitrogens with two attached hydrogens (primary N) is 1. The summed E-state index contributed by atoms with van der Waals surface area (Å²) in [6, 6.07) is 0. The van der Waals surface area contributed by atoms with Gasteiger partial charge in [-0.05, 0) is 26.3 Å². The Bertz CT molecular complexity index is 683. The highest BCUT2D eigenvalue weighted by Gasteiger charge is 2.11. The summed E-state index contributed by atoms with van der Waals surface area (Å²) in [6.07, 6.45) is 2.96. The predicted molar refractivity (Wildman–Crippen MR) is 78.0 cm³/mol. The lowest BCUT2D eigenvalue weighted by molar-refractivity contribution is 0.704. The number of H-pyrrole nitrogens is 2. The van der Waals surface area contributed by atoms with Crippen LogP contribution >= 0.6 is 0 Å². The van der Waals surface area contributed by atoms with Crippen LogP contribution in [0.5, 0.6) is 0 Å². The molecule has 0 fully saturated rings. The van der Waals surface area contributed by atoms with E-state index in [0.717, 1.165) is 19.3 Å². The monoisotopic (exact) mass is 280 g/mol. The highest BCUT2D eigenvalue weighted by molar-refractivity contribution is 5.70. The van der Waals surface area contributed by atoms with Crippen LogP contribution in [-0.2, 0) is 6.54 Å². The molecule has 2 heterocycles. The largest absolute Gasteiger partial charge is 0.356 e. The lowest BCUT2D eigenvalue weighted by Crippen LogP contribution is -2.16. The fourth-order valence-corrected chi connectivity index (χ4v) is 2.07. The van der Waals surface area contributed by atoms with Gasteiger partial charge in [0.15, 0.2) is 11.2 Å². The van der Waals surface area contributed by atoms with Gasteiger partial charge in [0, 0.05) is 13.1 Å². The number of anilines is 1. The maximum atomic E-state index is 11.9. The highest BCUT2D eigenvalue weighted by Crippen LogP contribution is 2.05. The van der Waals surface area contributed by atoms with E-state index in [-0.39, 0.29) is 16.8 Å². The van der Waals surface area contributed by atoms with Gasteiger partial charge in [0.05, 0.1) is 0 Å². The summed E-state index contributed by atoms with van der Waals surface area (Å²) in [4.78, 5) is 33.0. The molecule has 0 atom stereocenters. The smallest absolute Gasteiger partial charge is 0.327 e. The Hall–Kier alpha value is -2.09. The third-order valence-corrected chi connectivity index (χ3v) is 3.12. The second-order valence-corrected chi connectivity index (χ2v) is 4.56. The Labute approximate surface area is 115 Å². The van der Waals surface area contributed by atoms with E-state index >= 15 is 0 Å². The fourth-order valence-electron chi connectivity index (χ4n) is 2.07. The normalized spacial score (nSPS) is 11.1. The van der Waals surface area contributed by atoms with Gasteiger partial charge in [-0.2, -0.15) is 4.98 Å². The number of aromatic nitrogens is 4. The summed E-state index contributed by atoms with van der Waals surface area (Å²) in [6.45, 7) is 3.69. The Balaban J connectivity index is 2.19. The molecule has 8 heteroatoms. The molecule has 0 bridgehead atoms. The van der Waals surface area contributed by atoms with Crippen LogP contribution in [0.2, 0.25) is 0 Å². The Morgan fingerprint density at radius 3 is 2.75 bits per heavy atom. The molecule has 0 saturated heterocycles. The highest BCUT2D eigenvalue weighted by atomic mass is 16.2. The van der Waals surface area contributed by atoms with Gasteiger partial charge in [-0.25, -0.2) is 4.79 Å². The van der Waals surface area contributed by atoms with E-state index in [1.807, 2.05) is 6.92 Å². The molecule has 0 aliphatic rings.